The summed E-state index contributed by atoms with van der Waals surface area (Å²) in [4.78, 5) is 9.04. The Bertz CT molecular complexity index is 830. The second-order valence-corrected chi connectivity index (χ2v) is 5.64. The Morgan fingerprint density at radius 2 is 1.83 bits per heavy atom. The number of aryl methyl sites for hydroxylation is 1. The van der Waals surface area contributed by atoms with Crippen molar-refractivity contribution in [2.75, 3.05) is 11.9 Å². The van der Waals surface area contributed by atoms with Gasteiger partial charge >= 0.3 is 0 Å². The van der Waals surface area contributed by atoms with Gasteiger partial charge in [0, 0.05) is 23.2 Å². The monoisotopic (exact) mass is 309 g/mol. The molecule has 1 heterocycles. The summed E-state index contributed by atoms with van der Waals surface area (Å²) in [6, 6.07) is 12.7. The highest BCUT2D eigenvalue weighted by Gasteiger charge is 2.10. The summed E-state index contributed by atoms with van der Waals surface area (Å²) in [5.74, 6) is 0.415. The van der Waals surface area contributed by atoms with E-state index in [4.69, 9.17) is 0 Å². The zero-order chi connectivity index (χ0) is 16.2. The molecule has 0 atom stereocenters. The number of hydrogen-bond donors (Lipinski definition) is 1. The lowest BCUT2D eigenvalue weighted by atomic mass is 10.0. The van der Waals surface area contributed by atoms with Gasteiger partial charge in [-0.15, -0.1) is 0 Å². The van der Waals surface area contributed by atoms with Gasteiger partial charge in [-0.05, 0) is 36.9 Å². The Balaban J connectivity index is 2.06. The normalized spacial score (nSPS) is 10.9. The maximum atomic E-state index is 14.0. The van der Waals surface area contributed by atoms with Gasteiger partial charge in [-0.25, -0.2) is 14.4 Å². The lowest BCUT2D eigenvalue weighted by molar-refractivity contribution is 0.640. The van der Waals surface area contributed by atoms with Crippen LogP contribution in [0.15, 0.2) is 42.5 Å². The molecule has 0 bridgehead atoms. The van der Waals surface area contributed by atoms with Crippen LogP contribution in [0, 0.1) is 12.7 Å². The standard InChI is InChI=1S/C19H20FN3/c1-3-4-11-21-19-22-13(2)12-18(23-19)16-9-10-17(20)15-8-6-5-7-14(15)16/h5-10,12H,3-4,11H2,1-2H3,(H,21,22,23). The number of unbranched alkanes of at least 4 members (excludes halogenated alkanes) is 1. The quantitative estimate of drug-likeness (QED) is 0.677. The number of benzene rings is 2. The highest BCUT2D eigenvalue weighted by Crippen LogP contribution is 2.29. The fraction of sp³-hybridized carbons (Fsp3) is 0.263. The van der Waals surface area contributed by atoms with E-state index in [0.29, 0.717) is 11.3 Å². The van der Waals surface area contributed by atoms with Gasteiger partial charge < -0.3 is 5.32 Å². The van der Waals surface area contributed by atoms with E-state index < -0.39 is 0 Å². The molecule has 0 spiro atoms. The van der Waals surface area contributed by atoms with Crippen LogP contribution in [0.3, 0.4) is 0 Å². The maximum absolute atomic E-state index is 14.0. The number of fused-ring (bicyclic) bond motifs is 1. The summed E-state index contributed by atoms with van der Waals surface area (Å²) in [6.45, 7) is 4.94. The van der Waals surface area contributed by atoms with Crippen LogP contribution in [0.1, 0.15) is 25.5 Å². The molecule has 0 unspecified atom stereocenters. The van der Waals surface area contributed by atoms with Gasteiger partial charge in [0.1, 0.15) is 5.82 Å². The van der Waals surface area contributed by atoms with Crippen molar-refractivity contribution in [3.8, 4) is 11.3 Å². The van der Waals surface area contributed by atoms with Crippen LogP contribution < -0.4 is 5.32 Å². The van der Waals surface area contributed by atoms with Gasteiger partial charge in [0.25, 0.3) is 0 Å². The summed E-state index contributed by atoms with van der Waals surface area (Å²) in [5, 5.41) is 4.74. The molecule has 0 fully saturated rings. The molecule has 0 saturated carbocycles. The lowest BCUT2D eigenvalue weighted by Gasteiger charge is -2.10. The average Bonchev–Trinajstić information content (AvgIpc) is 2.55. The van der Waals surface area contributed by atoms with Crippen LogP contribution in [0.2, 0.25) is 0 Å². The Kier molecular flexibility index (Phi) is 4.51. The Hall–Kier alpha value is -2.49. The SMILES string of the molecule is CCCCNc1nc(C)cc(-c2ccc(F)c3ccccc23)n1. The topological polar surface area (TPSA) is 37.8 Å². The molecule has 0 saturated heterocycles. The number of anilines is 1. The molecule has 2 aromatic carbocycles. The maximum Gasteiger partial charge on any atom is 0.223 e. The fourth-order valence-corrected chi connectivity index (χ4v) is 2.65. The highest BCUT2D eigenvalue weighted by atomic mass is 19.1. The van der Waals surface area contributed by atoms with Gasteiger partial charge in [-0.1, -0.05) is 37.6 Å². The zero-order valence-corrected chi connectivity index (χ0v) is 13.4. The smallest absolute Gasteiger partial charge is 0.223 e. The minimum atomic E-state index is -0.212. The minimum absolute atomic E-state index is 0.212. The van der Waals surface area contributed by atoms with E-state index in [1.54, 1.807) is 12.1 Å². The Morgan fingerprint density at radius 3 is 2.61 bits per heavy atom. The van der Waals surface area contributed by atoms with Crippen molar-refractivity contribution in [1.29, 1.82) is 0 Å². The first kappa shape index (κ1) is 15.4. The fourth-order valence-electron chi connectivity index (χ4n) is 2.65. The second-order valence-electron chi connectivity index (χ2n) is 5.64. The molecule has 0 aliphatic rings. The van der Waals surface area contributed by atoms with Crippen molar-refractivity contribution in [3.63, 3.8) is 0 Å². The third kappa shape index (κ3) is 3.31. The molecule has 0 aliphatic carbocycles. The number of nitrogens with zero attached hydrogens (tertiary/aromatic N) is 2. The lowest BCUT2D eigenvalue weighted by Crippen LogP contribution is -2.06. The van der Waals surface area contributed by atoms with Crippen molar-refractivity contribution in [2.24, 2.45) is 0 Å². The van der Waals surface area contributed by atoms with Crippen LogP contribution in [-0.4, -0.2) is 16.5 Å². The van der Waals surface area contributed by atoms with Crippen molar-refractivity contribution >= 4 is 16.7 Å². The highest BCUT2D eigenvalue weighted by molar-refractivity contribution is 5.96. The van der Waals surface area contributed by atoms with Crippen molar-refractivity contribution in [3.05, 3.63) is 54.0 Å². The van der Waals surface area contributed by atoms with E-state index in [2.05, 4.69) is 22.2 Å². The molecule has 3 rings (SSSR count). The molecule has 0 aliphatic heterocycles. The van der Waals surface area contributed by atoms with Crippen LogP contribution in [0.4, 0.5) is 10.3 Å². The number of nitrogens with one attached hydrogen (secondary N) is 1. The van der Waals surface area contributed by atoms with Gasteiger partial charge in [0.15, 0.2) is 0 Å². The third-order valence-corrected chi connectivity index (χ3v) is 3.81. The summed E-state index contributed by atoms with van der Waals surface area (Å²) in [7, 11) is 0. The predicted octanol–water partition coefficient (Wildman–Crippen LogP) is 4.96. The van der Waals surface area contributed by atoms with Crippen LogP contribution in [0.25, 0.3) is 22.0 Å². The largest absolute Gasteiger partial charge is 0.354 e. The molecule has 0 radical (unpaired) electrons. The van der Waals surface area contributed by atoms with E-state index in [1.165, 1.54) is 6.07 Å². The number of hydrogen-bond acceptors (Lipinski definition) is 3. The molecule has 118 valence electrons. The van der Waals surface area contributed by atoms with E-state index in [-0.39, 0.29) is 5.82 Å². The second kappa shape index (κ2) is 6.73. The van der Waals surface area contributed by atoms with Gasteiger partial charge in [0.05, 0.1) is 5.69 Å². The summed E-state index contributed by atoms with van der Waals surface area (Å²) in [5.41, 5.74) is 2.63. The van der Waals surface area contributed by atoms with Gasteiger partial charge in [-0.2, -0.15) is 0 Å². The molecule has 3 nitrogen and oxygen atoms in total. The number of rotatable bonds is 5. The average molecular weight is 309 g/mol. The zero-order valence-electron chi connectivity index (χ0n) is 13.4. The molecule has 0 amide bonds. The van der Waals surface area contributed by atoms with Crippen LogP contribution in [-0.2, 0) is 0 Å². The summed E-state index contributed by atoms with van der Waals surface area (Å²) < 4.78 is 14.0. The Labute approximate surface area is 135 Å². The minimum Gasteiger partial charge on any atom is -0.354 e. The van der Waals surface area contributed by atoms with Gasteiger partial charge in [0.2, 0.25) is 5.95 Å². The van der Waals surface area contributed by atoms with E-state index in [9.17, 15) is 4.39 Å². The van der Waals surface area contributed by atoms with E-state index >= 15 is 0 Å². The van der Waals surface area contributed by atoms with Crippen molar-refractivity contribution in [2.45, 2.75) is 26.7 Å². The first-order chi connectivity index (χ1) is 11.2. The number of halogens is 1. The molecule has 1 aromatic heterocycles. The van der Waals surface area contributed by atoms with E-state index in [0.717, 1.165) is 41.7 Å². The molecule has 1 N–H and O–H groups in total. The van der Waals surface area contributed by atoms with Gasteiger partial charge in [-0.3, -0.25) is 0 Å². The number of aromatic nitrogens is 2. The molecule has 4 heteroatoms. The van der Waals surface area contributed by atoms with Crippen molar-refractivity contribution in [1.82, 2.24) is 9.97 Å². The van der Waals surface area contributed by atoms with Crippen LogP contribution >= 0.6 is 0 Å². The van der Waals surface area contributed by atoms with E-state index in [1.807, 2.05) is 31.2 Å². The molecule has 3 aromatic rings. The third-order valence-electron chi connectivity index (χ3n) is 3.81. The Morgan fingerprint density at radius 1 is 1.04 bits per heavy atom. The molecule has 23 heavy (non-hydrogen) atoms. The van der Waals surface area contributed by atoms with Crippen molar-refractivity contribution < 1.29 is 4.39 Å². The first-order valence-corrected chi connectivity index (χ1v) is 7.96. The van der Waals surface area contributed by atoms with Crippen LogP contribution in [0.5, 0.6) is 0 Å². The summed E-state index contributed by atoms with van der Waals surface area (Å²) >= 11 is 0. The predicted molar refractivity (Wildman–Crippen MR) is 93.1 cm³/mol. The molecular weight excluding hydrogens is 289 g/mol. The molecular formula is C19H20FN3. The summed E-state index contributed by atoms with van der Waals surface area (Å²) in [6.07, 6.45) is 2.19. The first-order valence-electron chi connectivity index (χ1n) is 7.96.